The van der Waals surface area contributed by atoms with E-state index in [2.05, 4.69) is 14.4 Å². The lowest BCUT2D eigenvalue weighted by atomic mass is 9.81. The van der Waals surface area contributed by atoms with Crippen LogP contribution in [-0.4, -0.2) is 21.8 Å². The summed E-state index contributed by atoms with van der Waals surface area (Å²) in [5, 5.41) is 0. The third-order valence-electron chi connectivity index (χ3n) is 4.65. The summed E-state index contributed by atoms with van der Waals surface area (Å²) >= 11 is 0. The second kappa shape index (κ2) is 4.32. The number of benzene rings is 1. The average Bonchev–Trinajstić information content (AvgIpc) is 3.09. The minimum atomic E-state index is 0.223. The normalized spacial score (nSPS) is 28.6. The first-order chi connectivity index (χ1) is 9.78. The fourth-order valence-electron chi connectivity index (χ4n) is 3.50. The van der Waals surface area contributed by atoms with E-state index in [-0.39, 0.29) is 5.60 Å². The summed E-state index contributed by atoms with van der Waals surface area (Å²) in [5.41, 5.74) is 2.96. The van der Waals surface area contributed by atoms with Crippen LogP contribution in [-0.2, 0) is 11.3 Å². The predicted octanol–water partition coefficient (Wildman–Crippen LogP) is 3.55. The van der Waals surface area contributed by atoms with Crippen LogP contribution in [0.5, 0.6) is 0 Å². The topological polar surface area (TPSA) is 34.7 Å². The Kier molecular flexibility index (Phi) is 2.58. The van der Waals surface area contributed by atoms with Crippen LogP contribution in [0.3, 0.4) is 0 Å². The molecule has 1 spiro atoms. The molecule has 0 bridgehead atoms. The van der Waals surface area contributed by atoms with Gasteiger partial charge in [-0.1, -0.05) is 12.5 Å². The van der Waals surface area contributed by atoms with Gasteiger partial charge in [0, 0.05) is 6.54 Å². The van der Waals surface area contributed by atoms with Crippen molar-refractivity contribution in [3.8, 4) is 0 Å². The minimum absolute atomic E-state index is 0.223. The van der Waals surface area contributed by atoms with Gasteiger partial charge in [0.15, 0.2) is 5.69 Å². The van der Waals surface area contributed by atoms with E-state index in [0.29, 0.717) is 11.6 Å². The standard InChI is InChI=1S/C16H17N3O/c1-17-13-4-5-14-15(7-13)19(11-18-14)9-12-3-2-6-16(8-12)10-20-16/h4-5,7,11-12H,2-3,6,8-10H2/t12-,16-/m0/s1. The molecule has 1 saturated heterocycles. The SMILES string of the molecule is [C-]#[N+]c1ccc2ncn(C[C@H]3CCC[C@@]4(CO4)C3)c2c1. The summed E-state index contributed by atoms with van der Waals surface area (Å²) in [6, 6.07) is 5.72. The van der Waals surface area contributed by atoms with Crippen molar-refractivity contribution in [2.24, 2.45) is 5.92 Å². The molecule has 102 valence electrons. The number of fused-ring (bicyclic) bond motifs is 1. The molecule has 2 heterocycles. The number of imidazole rings is 1. The van der Waals surface area contributed by atoms with E-state index in [1.165, 1.54) is 25.7 Å². The van der Waals surface area contributed by atoms with E-state index < -0.39 is 0 Å². The zero-order valence-electron chi connectivity index (χ0n) is 11.4. The largest absolute Gasteiger partial charge is 0.370 e. The molecule has 4 rings (SSSR count). The number of rotatable bonds is 2. The van der Waals surface area contributed by atoms with Crippen LogP contribution in [0.4, 0.5) is 5.69 Å². The van der Waals surface area contributed by atoms with Gasteiger partial charge in [-0.2, -0.15) is 0 Å². The van der Waals surface area contributed by atoms with Crippen LogP contribution >= 0.6 is 0 Å². The van der Waals surface area contributed by atoms with Gasteiger partial charge in [0.2, 0.25) is 0 Å². The summed E-state index contributed by atoms with van der Waals surface area (Å²) in [4.78, 5) is 7.95. The zero-order valence-corrected chi connectivity index (χ0v) is 11.4. The minimum Gasteiger partial charge on any atom is -0.370 e. The van der Waals surface area contributed by atoms with Crippen LogP contribution in [0, 0.1) is 12.5 Å². The molecule has 0 unspecified atom stereocenters. The molecule has 4 nitrogen and oxygen atoms in total. The first kappa shape index (κ1) is 11.9. The molecule has 1 aliphatic heterocycles. The first-order valence-corrected chi connectivity index (χ1v) is 7.24. The second-order valence-corrected chi connectivity index (χ2v) is 6.12. The molecular weight excluding hydrogens is 250 g/mol. The molecule has 2 fully saturated rings. The molecular formula is C16H17N3O. The lowest BCUT2D eigenvalue weighted by Gasteiger charge is -2.27. The Morgan fingerprint density at radius 2 is 2.40 bits per heavy atom. The van der Waals surface area contributed by atoms with Crippen molar-refractivity contribution >= 4 is 16.7 Å². The van der Waals surface area contributed by atoms with Crippen molar-refractivity contribution in [3.05, 3.63) is 35.9 Å². The Bertz CT molecular complexity index is 693. The Hall–Kier alpha value is -1.86. The number of hydrogen-bond donors (Lipinski definition) is 0. The maximum absolute atomic E-state index is 7.13. The van der Waals surface area contributed by atoms with Gasteiger partial charge in [-0.3, -0.25) is 0 Å². The third-order valence-corrected chi connectivity index (χ3v) is 4.65. The maximum Gasteiger partial charge on any atom is 0.189 e. The van der Waals surface area contributed by atoms with Crippen molar-refractivity contribution in [2.45, 2.75) is 37.8 Å². The molecule has 1 aromatic carbocycles. The molecule has 0 N–H and O–H groups in total. The summed E-state index contributed by atoms with van der Waals surface area (Å²) in [5.74, 6) is 0.667. The lowest BCUT2D eigenvalue weighted by Crippen LogP contribution is -2.25. The van der Waals surface area contributed by atoms with E-state index in [0.717, 1.165) is 24.2 Å². The molecule has 1 saturated carbocycles. The molecule has 2 aliphatic rings. The maximum atomic E-state index is 7.13. The number of aromatic nitrogens is 2. The van der Waals surface area contributed by atoms with E-state index in [1.807, 2.05) is 24.5 Å². The van der Waals surface area contributed by atoms with Crippen molar-refractivity contribution in [1.29, 1.82) is 0 Å². The third kappa shape index (κ3) is 1.99. The summed E-state index contributed by atoms with van der Waals surface area (Å²) in [6.07, 6.45) is 6.86. The molecule has 20 heavy (non-hydrogen) atoms. The highest BCUT2D eigenvalue weighted by Gasteiger charge is 2.47. The lowest BCUT2D eigenvalue weighted by molar-refractivity contribution is 0.179. The Balaban J connectivity index is 1.60. The Morgan fingerprint density at radius 3 is 3.20 bits per heavy atom. The monoisotopic (exact) mass is 267 g/mol. The molecule has 1 aromatic heterocycles. The molecule has 2 aromatic rings. The molecule has 0 amide bonds. The van der Waals surface area contributed by atoms with Crippen LogP contribution in [0.15, 0.2) is 24.5 Å². The molecule has 4 heteroatoms. The smallest absolute Gasteiger partial charge is 0.189 e. The van der Waals surface area contributed by atoms with Crippen molar-refractivity contribution in [3.63, 3.8) is 0 Å². The molecule has 0 radical (unpaired) electrons. The fourth-order valence-corrected chi connectivity index (χ4v) is 3.50. The van der Waals surface area contributed by atoms with Gasteiger partial charge >= 0.3 is 0 Å². The summed E-state index contributed by atoms with van der Waals surface area (Å²) in [7, 11) is 0. The first-order valence-electron chi connectivity index (χ1n) is 7.24. The Labute approximate surface area is 118 Å². The van der Waals surface area contributed by atoms with Gasteiger partial charge in [0.1, 0.15) is 0 Å². The Morgan fingerprint density at radius 1 is 1.50 bits per heavy atom. The van der Waals surface area contributed by atoms with Gasteiger partial charge in [-0.05, 0) is 37.3 Å². The van der Waals surface area contributed by atoms with Gasteiger partial charge in [-0.25, -0.2) is 9.83 Å². The van der Waals surface area contributed by atoms with Crippen molar-refractivity contribution in [1.82, 2.24) is 9.55 Å². The number of hydrogen-bond acceptors (Lipinski definition) is 2. The summed E-state index contributed by atoms with van der Waals surface area (Å²) in [6.45, 7) is 9.08. The van der Waals surface area contributed by atoms with Gasteiger partial charge in [0.05, 0.1) is 36.1 Å². The zero-order chi connectivity index (χ0) is 13.6. The quantitative estimate of drug-likeness (QED) is 0.616. The van der Waals surface area contributed by atoms with E-state index >= 15 is 0 Å². The van der Waals surface area contributed by atoms with Crippen LogP contribution in [0.1, 0.15) is 25.7 Å². The van der Waals surface area contributed by atoms with Crippen LogP contribution in [0.2, 0.25) is 0 Å². The van der Waals surface area contributed by atoms with Gasteiger partial charge in [0.25, 0.3) is 0 Å². The average molecular weight is 267 g/mol. The summed E-state index contributed by atoms with van der Waals surface area (Å²) < 4.78 is 7.85. The van der Waals surface area contributed by atoms with Crippen LogP contribution < -0.4 is 0 Å². The van der Waals surface area contributed by atoms with Crippen LogP contribution in [0.25, 0.3) is 15.9 Å². The number of nitrogens with zero attached hydrogens (tertiary/aromatic N) is 3. The highest BCUT2D eigenvalue weighted by molar-refractivity contribution is 5.79. The molecule has 2 atom stereocenters. The highest BCUT2D eigenvalue weighted by atomic mass is 16.6. The highest BCUT2D eigenvalue weighted by Crippen LogP contribution is 2.44. The second-order valence-electron chi connectivity index (χ2n) is 6.12. The van der Waals surface area contributed by atoms with Crippen molar-refractivity contribution in [2.75, 3.05) is 6.61 Å². The number of epoxide rings is 1. The number of ether oxygens (including phenoxy) is 1. The predicted molar refractivity (Wildman–Crippen MR) is 76.6 cm³/mol. The molecule has 1 aliphatic carbocycles. The van der Waals surface area contributed by atoms with Gasteiger partial charge < -0.3 is 9.30 Å². The van der Waals surface area contributed by atoms with E-state index in [4.69, 9.17) is 11.3 Å². The van der Waals surface area contributed by atoms with Crippen molar-refractivity contribution < 1.29 is 4.74 Å². The van der Waals surface area contributed by atoms with E-state index in [9.17, 15) is 0 Å². The van der Waals surface area contributed by atoms with Gasteiger partial charge in [-0.15, -0.1) is 0 Å². The fraction of sp³-hybridized carbons (Fsp3) is 0.500. The van der Waals surface area contributed by atoms with E-state index in [1.54, 1.807) is 0 Å².